The zero-order chi connectivity index (χ0) is 10.3. The molecule has 3 heteroatoms. The smallest absolute Gasteiger partial charge is 0.132 e. The Bertz CT molecular complexity index is 468. The minimum atomic E-state index is -1.45. The van der Waals surface area contributed by atoms with Crippen LogP contribution in [0, 0.1) is 0 Å². The lowest BCUT2D eigenvalue weighted by Crippen LogP contribution is -2.07. The van der Waals surface area contributed by atoms with Crippen LogP contribution in [0.2, 0.25) is 0 Å². The topological polar surface area (TPSA) is 36.0 Å². The van der Waals surface area contributed by atoms with Gasteiger partial charge in [-0.3, -0.25) is 0 Å². The fourth-order valence-electron chi connectivity index (χ4n) is 1.63. The number of aromatic amines is 1. The number of phenolic OH excluding ortho intramolecular Hbond substituents is 1. The molecule has 0 radical (unpaired) electrons. The van der Waals surface area contributed by atoms with E-state index in [-0.39, 0.29) is 5.75 Å². The fraction of sp³-hybridized carbons (Fsp3) is 0.273. The molecule has 0 bridgehead atoms. The third-order valence-electron chi connectivity index (χ3n) is 2.32. The average Bonchev–Trinajstić information content (AvgIpc) is 2.47. The van der Waals surface area contributed by atoms with Gasteiger partial charge in [-0.1, -0.05) is 6.07 Å². The second-order valence-electron chi connectivity index (χ2n) is 3.87. The van der Waals surface area contributed by atoms with Crippen molar-refractivity contribution < 1.29 is 9.50 Å². The standard InChI is InChI=1S/C11H12FNO/c1-11(2,12)7-6-13-8-4-3-5-9(14)10(7)8/h3-6,13-14H,1-2H3. The van der Waals surface area contributed by atoms with Crippen molar-refractivity contribution in [3.05, 3.63) is 30.0 Å². The summed E-state index contributed by atoms with van der Waals surface area (Å²) >= 11 is 0. The average molecular weight is 193 g/mol. The summed E-state index contributed by atoms with van der Waals surface area (Å²) in [6.07, 6.45) is 1.60. The molecule has 14 heavy (non-hydrogen) atoms. The maximum Gasteiger partial charge on any atom is 0.132 e. The van der Waals surface area contributed by atoms with Crippen LogP contribution in [0.1, 0.15) is 19.4 Å². The van der Waals surface area contributed by atoms with E-state index in [9.17, 15) is 9.50 Å². The van der Waals surface area contributed by atoms with E-state index in [1.807, 2.05) is 6.07 Å². The van der Waals surface area contributed by atoms with E-state index in [0.29, 0.717) is 10.9 Å². The van der Waals surface area contributed by atoms with Crippen LogP contribution in [0.25, 0.3) is 10.9 Å². The summed E-state index contributed by atoms with van der Waals surface area (Å²) < 4.78 is 13.7. The van der Waals surface area contributed by atoms with Gasteiger partial charge >= 0.3 is 0 Å². The van der Waals surface area contributed by atoms with Crippen molar-refractivity contribution in [3.63, 3.8) is 0 Å². The Morgan fingerprint density at radius 1 is 1.36 bits per heavy atom. The Morgan fingerprint density at radius 2 is 2.07 bits per heavy atom. The van der Waals surface area contributed by atoms with Gasteiger partial charge in [-0.25, -0.2) is 4.39 Å². The summed E-state index contributed by atoms with van der Waals surface area (Å²) in [6.45, 7) is 2.95. The van der Waals surface area contributed by atoms with Crippen molar-refractivity contribution in [2.24, 2.45) is 0 Å². The van der Waals surface area contributed by atoms with Gasteiger partial charge in [-0.2, -0.15) is 0 Å². The molecule has 74 valence electrons. The molecule has 0 aliphatic carbocycles. The van der Waals surface area contributed by atoms with Gasteiger partial charge in [0.1, 0.15) is 11.4 Å². The van der Waals surface area contributed by atoms with Crippen LogP contribution >= 0.6 is 0 Å². The molecule has 0 aliphatic rings. The van der Waals surface area contributed by atoms with E-state index in [0.717, 1.165) is 5.52 Å². The Morgan fingerprint density at radius 3 is 2.71 bits per heavy atom. The minimum Gasteiger partial charge on any atom is -0.507 e. The van der Waals surface area contributed by atoms with E-state index in [1.54, 1.807) is 18.3 Å². The maximum absolute atomic E-state index is 13.7. The lowest BCUT2D eigenvalue weighted by Gasteiger charge is -2.13. The van der Waals surface area contributed by atoms with E-state index in [2.05, 4.69) is 4.98 Å². The molecule has 0 unspecified atom stereocenters. The number of aromatic nitrogens is 1. The number of hydrogen-bond donors (Lipinski definition) is 2. The van der Waals surface area contributed by atoms with Crippen LogP contribution in [0.15, 0.2) is 24.4 Å². The molecule has 2 N–H and O–H groups in total. The second kappa shape index (κ2) is 2.74. The first-order valence-corrected chi connectivity index (χ1v) is 4.48. The van der Waals surface area contributed by atoms with Gasteiger partial charge < -0.3 is 10.1 Å². The zero-order valence-corrected chi connectivity index (χ0v) is 8.13. The summed E-state index contributed by atoms with van der Waals surface area (Å²) in [5, 5.41) is 10.2. The lowest BCUT2D eigenvalue weighted by molar-refractivity contribution is 0.223. The van der Waals surface area contributed by atoms with Crippen molar-refractivity contribution in [2.45, 2.75) is 19.5 Å². The molecule has 0 amide bonds. The van der Waals surface area contributed by atoms with Crippen LogP contribution in [0.3, 0.4) is 0 Å². The molecule has 0 aliphatic heterocycles. The Labute approximate surface area is 81.4 Å². The predicted octanol–water partition coefficient (Wildman–Crippen LogP) is 3.08. The molecule has 2 nitrogen and oxygen atoms in total. The summed E-state index contributed by atoms with van der Waals surface area (Å²) in [4.78, 5) is 2.94. The maximum atomic E-state index is 13.7. The molecule has 1 heterocycles. The molecule has 0 spiro atoms. The van der Waals surface area contributed by atoms with Gasteiger partial charge in [0, 0.05) is 22.7 Å². The second-order valence-corrected chi connectivity index (χ2v) is 3.87. The Kier molecular flexibility index (Phi) is 1.77. The first-order chi connectivity index (χ1) is 6.50. The highest BCUT2D eigenvalue weighted by Crippen LogP contribution is 2.35. The van der Waals surface area contributed by atoms with Crippen LogP contribution < -0.4 is 0 Å². The number of aromatic hydroxyl groups is 1. The van der Waals surface area contributed by atoms with Gasteiger partial charge in [-0.05, 0) is 26.0 Å². The molecule has 1 aromatic heterocycles. The number of hydrogen-bond acceptors (Lipinski definition) is 1. The first kappa shape index (κ1) is 9.06. The number of H-pyrrole nitrogens is 1. The van der Waals surface area contributed by atoms with Crippen molar-refractivity contribution >= 4 is 10.9 Å². The summed E-state index contributed by atoms with van der Waals surface area (Å²) in [5.74, 6) is 0.115. The number of fused-ring (bicyclic) bond motifs is 1. The van der Waals surface area contributed by atoms with Crippen LogP contribution in [-0.2, 0) is 5.67 Å². The lowest BCUT2D eigenvalue weighted by atomic mass is 9.99. The molecule has 0 fully saturated rings. The van der Waals surface area contributed by atoms with Gasteiger partial charge in [-0.15, -0.1) is 0 Å². The van der Waals surface area contributed by atoms with Crippen molar-refractivity contribution in [2.75, 3.05) is 0 Å². The number of rotatable bonds is 1. The van der Waals surface area contributed by atoms with Gasteiger partial charge in [0.25, 0.3) is 0 Å². The molecule has 0 saturated heterocycles. The first-order valence-electron chi connectivity index (χ1n) is 4.48. The molecular weight excluding hydrogens is 181 g/mol. The van der Waals surface area contributed by atoms with Crippen LogP contribution in [-0.4, -0.2) is 10.1 Å². The normalized spacial score (nSPS) is 12.2. The predicted molar refractivity (Wildman–Crippen MR) is 54.1 cm³/mol. The molecule has 0 atom stereocenters. The van der Waals surface area contributed by atoms with Gasteiger partial charge in [0.2, 0.25) is 0 Å². The number of benzene rings is 1. The van der Waals surface area contributed by atoms with Crippen LogP contribution in [0.5, 0.6) is 5.75 Å². The Hall–Kier alpha value is -1.51. The number of nitrogens with one attached hydrogen (secondary N) is 1. The van der Waals surface area contributed by atoms with Crippen molar-refractivity contribution in [1.82, 2.24) is 4.98 Å². The summed E-state index contributed by atoms with van der Waals surface area (Å²) in [7, 11) is 0. The van der Waals surface area contributed by atoms with E-state index >= 15 is 0 Å². The van der Waals surface area contributed by atoms with Crippen molar-refractivity contribution in [1.29, 1.82) is 0 Å². The zero-order valence-electron chi connectivity index (χ0n) is 8.13. The number of phenols is 1. The van der Waals surface area contributed by atoms with E-state index in [1.165, 1.54) is 13.8 Å². The number of halogens is 1. The minimum absolute atomic E-state index is 0.115. The largest absolute Gasteiger partial charge is 0.507 e. The van der Waals surface area contributed by atoms with E-state index in [4.69, 9.17) is 0 Å². The van der Waals surface area contributed by atoms with E-state index < -0.39 is 5.67 Å². The molecule has 2 aromatic rings. The van der Waals surface area contributed by atoms with Gasteiger partial charge in [0.15, 0.2) is 0 Å². The highest BCUT2D eigenvalue weighted by atomic mass is 19.1. The molecule has 0 saturated carbocycles. The SMILES string of the molecule is CC(C)(F)c1c[nH]c2cccc(O)c12. The summed E-state index contributed by atoms with van der Waals surface area (Å²) in [6, 6.07) is 5.10. The fourth-order valence-corrected chi connectivity index (χ4v) is 1.63. The summed E-state index contributed by atoms with van der Waals surface area (Å²) in [5.41, 5.74) is -0.201. The number of alkyl halides is 1. The van der Waals surface area contributed by atoms with Crippen LogP contribution in [0.4, 0.5) is 4.39 Å². The van der Waals surface area contributed by atoms with Crippen molar-refractivity contribution in [3.8, 4) is 5.75 Å². The molecular formula is C11H12FNO. The van der Waals surface area contributed by atoms with Gasteiger partial charge in [0.05, 0.1) is 0 Å². The Balaban J connectivity index is 2.80. The molecule has 1 aromatic carbocycles. The highest BCUT2D eigenvalue weighted by Gasteiger charge is 2.24. The monoisotopic (exact) mass is 193 g/mol. The highest BCUT2D eigenvalue weighted by molar-refractivity contribution is 5.89. The third-order valence-corrected chi connectivity index (χ3v) is 2.32. The third kappa shape index (κ3) is 1.25. The quantitative estimate of drug-likeness (QED) is 0.717. The molecule has 2 rings (SSSR count).